The first-order valence-electron chi connectivity index (χ1n) is 6.79. The van der Waals surface area contributed by atoms with Gasteiger partial charge in [0.1, 0.15) is 0 Å². The molecule has 2 heteroatoms. The van der Waals surface area contributed by atoms with E-state index in [0.717, 1.165) is 21.8 Å². The molecule has 20 heavy (non-hydrogen) atoms. The highest BCUT2D eigenvalue weighted by atomic mass is 32.1. The fourth-order valence-corrected chi connectivity index (χ4v) is 2.49. The standard InChI is InChI=1S/C18H21NS/c1-11-6-7-15(8-12(11)2)14(4)16-10-18(20)13(3)9-17(16)19-5/h6-10,20H,1-5H3/b16-14+,19-17?. The minimum Gasteiger partial charge on any atom is -0.288 e. The monoisotopic (exact) mass is 283 g/mol. The molecule has 0 radical (unpaired) electrons. The molecule has 0 heterocycles. The Bertz CT molecular complexity index is 673. The summed E-state index contributed by atoms with van der Waals surface area (Å²) in [6.45, 7) is 8.50. The van der Waals surface area contributed by atoms with Crippen molar-refractivity contribution in [3.8, 4) is 0 Å². The minimum atomic E-state index is 1.01. The van der Waals surface area contributed by atoms with E-state index in [9.17, 15) is 0 Å². The summed E-state index contributed by atoms with van der Waals surface area (Å²) in [6, 6.07) is 6.59. The van der Waals surface area contributed by atoms with Crippen molar-refractivity contribution in [2.45, 2.75) is 27.7 Å². The Kier molecular flexibility index (Phi) is 4.34. The normalized spacial score (nSPS) is 19.8. The summed E-state index contributed by atoms with van der Waals surface area (Å²) >= 11 is 4.54. The minimum absolute atomic E-state index is 1.01. The fourth-order valence-electron chi connectivity index (χ4n) is 2.30. The van der Waals surface area contributed by atoms with Crippen molar-refractivity contribution in [3.05, 3.63) is 63.1 Å². The first kappa shape index (κ1) is 14.9. The van der Waals surface area contributed by atoms with Crippen molar-refractivity contribution < 1.29 is 0 Å². The third-order valence-corrected chi connectivity index (χ3v) is 4.38. The Balaban J connectivity index is 2.58. The number of thiol groups is 1. The summed E-state index contributed by atoms with van der Waals surface area (Å²) in [7, 11) is 1.84. The maximum Gasteiger partial charge on any atom is 0.0649 e. The van der Waals surface area contributed by atoms with Gasteiger partial charge in [0.2, 0.25) is 0 Å². The number of rotatable bonds is 1. The lowest BCUT2D eigenvalue weighted by atomic mass is 9.92. The number of hydrogen-bond donors (Lipinski definition) is 1. The summed E-state index contributed by atoms with van der Waals surface area (Å²) in [4.78, 5) is 5.41. The van der Waals surface area contributed by atoms with Crippen LogP contribution in [0.2, 0.25) is 0 Å². The molecule has 0 fully saturated rings. The van der Waals surface area contributed by atoms with E-state index in [1.54, 1.807) is 0 Å². The zero-order chi connectivity index (χ0) is 14.9. The highest BCUT2D eigenvalue weighted by molar-refractivity contribution is 7.84. The predicted octanol–water partition coefficient (Wildman–Crippen LogP) is 4.92. The molecule has 1 aromatic carbocycles. The van der Waals surface area contributed by atoms with E-state index in [0.29, 0.717) is 0 Å². The summed E-state index contributed by atoms with van der Waals surface area (Å²) in [5.74, 6) is 0. The summed E-state index contributed by atoms with van der Waals surface area (Å²) in [5, 5.41) is 0. The van der Waals surface area contributed by atoms with Gasteiger partial charge in [-0.15, -0.1) is 12.6 Å². The highest BCUT2D eigenvalue weighted by Crippen LogP contribution is 2.29. The molecule has 1 aliphatic rings. The molecule has 0 spiro atoms. The topological polar surface area (TPSA) is 12.4 Å². The van der Waals surface area contributed by atoms with E-state index in [1.165, 1.54) is 22.3 Å². The van der Waals surface area contributed by atoms with E-state index >= 15 is 0 Å². The van der Waals surface area contributed by atoms with Crippen LogP contribution in [0.25, 0.3) is 5.57 Å². The largest absolute Gasteiger partial charge is 0.288 e. The lowest BCUT2D eigenvalue weighted by molar-refractivity contribution is 1.32. The maximum absolute atomic E-state index is 4.54. The number of aliphatic imine (C=N–C) groups is 1. The molecular formula is C18H21NS. The number of hydrogen-bond acceptors (Lipinski definition) is 2. The number of aryl methyl sites for hydroxylation is 2. The van der Waals surface area contributed by atoms with Gasteiger partial charge in [-0.3, -0.25) is 4.99 Å². The third-order valence-electron chi connectivity index (χ3n) is 3.90. The average Bonchev–Trinajstić information content (AvgIpc) is 2.43. The Labute approximate surface area is 127 Å². The van der Waals surface area contributed by atoms with E-state index < -0.39 is 0 Å². The Morgan fingerprint density at radius 2 is 1.75 bits per heavy atom. The second-order valence-electron chi connectivity index (χ2n) is 5.30. The van der Waals surface area contributed by atoms with Crippen LogP contribution < -0.4 is 0 Å². The predicted molar refractivity (Wildman–Crippen MR) is 92.7 cm³/mol. The zero-order valence-corrected chi connectivity index (χ0v) is 13.7. The smallest absolute Gasteiger partial charge is 0.0649 e. The second-order valence-corrected chi connectivity index (χ2v) is 5.79. The molecule has 2 rings (SSSR count). The van der Waals surface area contributed by atoms with Crippen molar-refractivity contribution in [2.24, 2.45) is 4.99 Å². The van der Waals surface area contributed by atoms with Crippen LogP contribution in [0.3, 0.4) is 0 Å². The van der Waals surface area contributed by atoms with Crippen LogP contribution in [0.15, 0.2) is 51.4 Å². The molecule has 0 saturated carbocycles. The molecule has 0 unspecified atom stereocenters. The number of nitrogens with zero attached hydrogens (tertiary/aromatic N) is 1. The van der Waals surface area contributed by atoms with Crippen LogP contribution in [-0.2, 0) is 0 Å². The molecule has 0 amide bonds. The molecule has 104 valence electrons. The van der Waals surface area contributed by atoms with Gasteiger partial charge in [0.25, 0.3) is 0 Å². The number of allylic oxidation sites excluding steroid dienone is 5. The lowest BCUT2D eigenvalue weighted by Gasteiger charge is -2.16. The Morgan fingerprint density at radius 1 is 1.05 bits per heavy atom. The molecule has 1 aliphatic carbocycles. The van der Waals surface area contributed by atoms with E-state index in [1.807, 2.05) is 7.05 Å². The van der Waals surface area contributed by atoms with Crippen LogP contribution in [0.5, 0.6) is 0 Å². The molecule has 0 aromatic heterocycles. The van der Waals surface area contributed by atoms with Gasteiger partial charge < -0.3 is 0 Å². The van der Waals surface area contributed by atoms with Gasteiger partial charge >= 0.3 is 0 Å². The van der Waals surface area contributed by atoms with Gasteiger partial charge in [0.05, 0.1) is 5.71 Å². The van der Waals surface area contributed by atoms with Crippen molar-refractivity contribution in [1.29, 1.82) is 0 Å². The first-order chi connectivity index (χ1) is 9.43. The number of benzene rings is 1. The molecule has 0 atom stereocenters. The lowest BCUT2D eigenvalue weighted by Crippen LogP contribution is -2.06. The maximum atomic E-state index is 4.54. The second kappa shape index (κ2) is 5.84. The van der Waals surface area contributed by atoms with E-state index in [-0.39, 0.29) is 0 Å². The Morgan fingerprint density at radius 3 is 2.35 bits per heavy atom. The molecular weight excluding hydrogens is 262 g/mol. The van der Waals surface area contributed by atoms with E-state index in [4.69, 9.17) is 0 Å². The Hall–Kier alpha value is -1.54. The van der Waals surface area contributed by atoms with Crippen LogP contribution in [0.1, 0.15) is 30.5 Å². The molecule has 1 nitrogen and oxygen atoms in total. The van der Waals surface area contributed by atoms with Crippen LogP contribution >= 0.6 is 12.6 Å². The van der Waals surface area contributed by atoms with Crippen LogP contribution in [0, 0.1) is 13.8 Å². The van der Waals surface area contributed by atoms with Crippen molar-refractivity contribution >= 4 is 23.9 Å². The first-order valence-corrected chi connectivity index (χ1v) is 7.23. The fraction of sp³-hybridized carbons (Fsp3) is 0.278. The van der Waals surface area contributed by atoms with Gasteiger partial charge in [0, 0.05) is 17.5 Å². The molecule has 0 aliphatic heterocycles. The van der Waals surface area contributed by atoms with Gasteiger partial charge in [-0.2, -0.15) is 0 Å². The van der Waals surface area contributed by atoms with Gasteiger partial charge in [-0.05, 0) is 67.7 Å². The molecule has 0 N–H and O–H groups in total. The quantitative estimate of drug-likeness (QED) is 0.702. The van der Waals surface area contributed by atoms with Gasteiger partial charge in [-0.25, -0.2) is 0 Å². The summed E-state index contributed by atoms with van der Waals surface area (Å²) in [6.07, 6.45) is 4.22. The summed E-state index contributed by atoms with van der Waals surface area (Å²) in [5.41, 5.74) is 8.46. The molecule has 0 saturated heterocycles. The SMILES string of the molecule is CN=C1C=C(C)C(S)=C/C1=C(/C)c1ccc(C)c(C)c1. The van der Waals surface area contributed by atoms with Crippen molar-refractivity contribution in [3.63, 3.8) is 0 Å². The summed E-state index contributed by atoms with van der Waals surface area (Å²) < 4.78 is 0. The van der Waals surface area contributed by atoms with Crippen molar-refractivity contribution in [1.82, 2.24) is 0 Å². The average molecular weight is 283 g/mol. The van der Waals surface area contributed by atoms with Gasteiger partial charge in [-0.1, -0.05) is 18.2 Å². The van der Waals surface area contributed by atoms with Crippen molar-refractivity contribution in [2.75, 3.05) is 7.05 Å². The molecule has 0 bridgehead atoms. The zero-order valence-electron chi connectivity index (χ0n) is 12.8. The van der Waals surface area contributed by atoms with E-state index in [2.05, 4.69) is 75.7 Å². The van der Waals surface area contributed by atoms with Crippen LogP contribution in [-0.4, -0.2) is 12.8 Å². The highest BCUT2D eigenvalue weighted by Gasteiger charge is 2.14. The van der Waals surface area contributed by atoms with Crippen LogP contribution in [0.4, 0.5) is 0 Å². The van der Waals surface area contributed by atoms with Gasteiger partial charge in [0.15, 0.2) is 0 Å². The third kappa shape index (κ3) is 2.80. The molecule has 1 aromatic rings.